The molecule has 0 radical (unpaired) electrons. The van der Waals surface area contributed by atoms with Crippen molar-refractivity contribution in [2.24, 2.45) is 0 Å². The summed E-state index contributed by atoms with van der Waals surface area (Å²) in [7, 11) is 1.69. The van der Waals surface area contributed by atoms with Crippen molar-refractivity contribution in [3.63, 3.8) is 0 Å². The van der Waals surface area contributed by atoms with Gasteiger partial charge in [-0.1, -0.05) is 23.2 Å². The van der Waals surface area contributed by atoms with Crippen molar-refractivity contribution >= 4 is 34.8 Å². The van der Waals surface area contributed by atoms with Crippen LogP contribution in [0.5, 0.6) is 0 Å². The minimum absolute atomic E-state index is 0.132. The topological polar surface area (TPSA) is 64.3 Å². The highest BCUT2D eigenvalue weighted by Crippen LogP contribution is 2.29. The summed E-state index contributed by atoms with van der Waals surface area (Å²) in [5.41, 5.74) is 6.35. The van der Waals surface area contributed by atoms with E-state index in [2.05, 4.69) is 5.32 Å². The van der Waals surface area contributed by atoms with E-state index in [0.29, 0.717) is 21.3 Å². The number of nitrogens with two attached hydrogens (primary N) is 1. The highest BCUT2D eigenvalue weighted by atomic mass is 35.5. The second-order valence-electron chi connectivity index (χ2n) is 4.69. The fourth-order valence-electron chi connectivity index (χ4n) is 2.27. The highest BCUT2D eigenvalue weighted by molar-refractivity contribution is 6.39. The summed E-state index contributed by atoms with van der Waals surface area (Å²) in [6, 6.07) is 3.19. The van der Waals surface area contributed by atoms with E-state index in [0.717, 1.165) is 19.3 Å². The van der Waals surface area contributed by atoms with Crippen LogP contribution in [0.15, 0.2) is 12.1 Å². The molecule has 2 atom stereocenters. The summed E-state index contributed by atoms with van der Waals surface area (Å²) < 4.78 is 5.27. The van der Waals surface area contributed by atoms with Crippen molar-refractivity contribution in [3.8, 4) is 0 Å². The number of hydrogen-bond acceptors (Lipinski definition) is 3. The summed E-state index contributed by atoms with van der Waals surface area (Å²) in [6.45, 7) is 0. The van der Waals surface area contributed by atoms with Gasteiger partial charge in [-0.05, 0) is 31.4 Å². The molecule has 0 heterocycles. The summed E-state index contributed by atoms with van der Waals surface area (Å²) in [6.07, 6.45) is 2.94. The zero-order valence-electron chi connectivity index (χ0n) is 10.6. The van der Waals surface area contributed by atoms with E-state index in [9.17, 15) is 4.79 Å². The number of nitrogens with one attached hydrogen (secondary N) is 1. The molecule has 0 bridgehead atoms. The van der Waals surface area contributed by atoms with Gasteiger partial charge in [0.15, 0.2) is 0 Å². The van der Waals surface area contributed by atoms with E-state index in [1.54, 1.807) is 7.11 Å². The standard InChI is InChI=1S/C13H16Cl2N2O2/c1-19-9-3-2-8(6-9)17-13(18)7-4-10(14)12(16)11(15)5-7/h4-5,8-9H,2-3,6,16H2,1H3,(H,17,18). The number of ether oxygens (including phenoxy) is 1. The molecule has 2 unspecified atom stereocenters. The summed E-state index contributed by atoms with van der Waals surface area (Å²) in [5, 5.41) is 3.54. The van der Waals surface area contributed by atoms with Crippen LogP contribution in [0.4, 0.5) is 5.69 Å². The van der Waals surface area contributed by atoms with E-state index < -0.39 is 0 Å². The molecule has 1 aliphatic carbocycles. The van der Waals surface area contributed by atoms with Crippen molar-refractivity contribution in [2.45, 2.75) is 31.4 Å². The minimum atomic E-state index is -0.189. The van der Waals surface area contributed by atoms with E-state index in [1.165, 1.54) is 12.1 Å². The number of benzene rings is 1. The Labute approximate surface area is 122 Å². The molecule has 0 aromatic heterocycles. The summed E-state index contributed by atoms with van der Waals surface area (Å²) >= 11 is 11.8. The van der Waals surface area contributed by atoms with E-state index in [-0.39, 0.29) is 18.1 Å². The molecule has 19 heavy (non-hydrogen) atoms. The number of carbonyl (C=O) groups is 1. The molecule has 1 fully saturated rings. The molecule has 1 saturated carbocycles. The van der Waals surface area contributed by atoms with Crippen LogP contribution in [-0.4, -0.2) is 25.2 Å². The number of anilines is 1. The van der Waals surface area contributed by atoms with Crippen LogP contribution < -0.4 is 11.1 Å². The van der Waals surface area contributed by atoms with Gasteiger partial charge >= 0.3 is 0 Å². The predicted molar refractivity (Wildman–Crippen MR) is 76.8 cm³/mol. The first kappa shape index (κ1) is 14.4. The normalized spacial score (nSPS) is 22.5. The Morgan fingerprint density at radius 3 is 2.53 bits per heavy atom. The second-order valence-corrected chi connectivity index (χ2v) is 5.51. The minimum Gasteiger partial charge on any atom is -0.396 e. The van der Waals surface area contributed by atoms with Crippen LogP contribution in [0.1, 0.15) is 29.6 Å². The van der Waals surface area contributed by atoms with Crippen molar-refractivity contribution in [2.75, 3.05) is 12.8 Å². The maximum absolute atomic E-state index is 12.1. The van der Waals surface area contributed by atoms with Gasteiger partial charge in [-0.3, -0.25) is 4.79 Å². The lowest BCUT2D eigenvalue weighted by molar-refractivity contribution is 0.0915. The van der Waals surface area contributed by atoms with Crippen LogP contribution in [0.3, 0.4) is 0 Å². The molecule has 0 spiro atoms. The maximum atomic E-state index is 12.1. The first-order chi connectivity index (χ1) is 9.01. The Morgan fingerprint density at radius 1 is 1.37 bits per heavy atom. The van der Waals surface area contributed by atoms with Gasteiger partial charge in [-0.15, -0.1) is 0 Å². The zero-order valence-corrected chi connectivity index (χ0v) is 12.1. The molecule has 1 aromatic rings. The zero-order chi connectivity index (χ0) is 14.0. The Balaban J connectivity index is 2.04. The fraction of sp³-hybridized carbons (Fsp3) is 0.462. The van der Waals surface area contributed by atoms with Crippen molar-refractivity contribution in [1.29, 1.82) is 0 Å². The van der Waals surface area contributed by atoms with Crippen LogP contribution in [-0.2, 0) is 4.74 Å². The molecule has 0 saturated heterocycles. The first-order valence-corrected chi connectivity index (χ1v) is 6.85. The molecule has 1 aliphatic rings. The molecule has 104 valence electrons. The van der Waals surface area contributed by atoms with Gasteiger partial charge in [-0.25, -0.2) is 0 Å². The Hall–Kier alpha value is -0.970. The molecule has 1 amide bonds. The van der Waals surface area contributed by atoms with Crippen LogP contribution in [0, 0.1) is 0 Å². The molecular weight excluding hydrogens is 287 g/mol. The molecule has 0 aliphatic heterocycles. The van der Waals surface area contributed by atoms with E-state index >= 15 is 0 Å². The first-order valence-electron chi connectivity index (χ1n) is 6.09. The third kappa shape index (κ3) is 3.32. The SMILES string of the molecule is COC1CCC(NC(=O)c2cc(Cl)c(N)c(Cl)c2)C1. The lowest BCUT2D eigenvalue weighted by atomic mass is 10.1. The number of rotatable bonds is 3. The third-order valence-corrected chi connectivity index (χ3v) is 4.02. The molecular formula is C13H16Cl2N2O2. The van der Waals surface area contributed by atoms with E-state index in [4.69, 9.17) is 33.7 Å². The monoisotopic (exact) mass is 302 g/mol. The van der Waals surface area contributed by atoms with Crippen LogP contribution >= 0.6 is 23.2 Å². The molecule has 4 nitrogen and oxygen atoms in total. The lowest BCUT2D eigenvalue weighted by Gasteiger charge is -2.13. The highest BCUT2D eigenvalue weighted by Gasteiger charge is 2.26. The van der Waals surface area contributed by atoms with Crippen LogP contribution in [0.25, 0.3) is 0 Å². The number of carbonyl (C=O) groups excluding carboxylic acids is 1. The van der Waals surface area contributed by atoms with Gasteiger partial charge in [0.2, 0.25) is 0 Å². The number of amides is 1. The van der Waals surface area contributed by atoms with Crippen LogP contribution in [0.2, 0.25) is 10.0 Å². The predicted octanol–water partition coefficient (Wildman–Crippen LogP) is 2.87. The molecule has 1 aromatic carbocycles. The van der Waals surface area contributed by atoms with Gasteiger partial charge in [-0.2, -0.15) is 0 Å². The summed E-state index contributed by atoms with van der Waals surface area (Å²) in [5.74, 6) is -0.189. The average Bonchev–Trinajstić information content (AvgIpc) is 2.83. The van der Waals surface area contributed by atoms with E-state index in [1.807, 2.05) is 0 Å². The summed E-state index contributed by atoms with van der Waals surface area (Å²) in [4.78, 5) is 12.1. The number of hydrogen-bond donors (Lipinski definition) is 2. The third-order valence-electron chi connectivity index (χ3n) is 3.39. The second kappa shape index (κ2) is 5.99. The van der Waals surface area contributed by atoms with Crippen molar-refractivity contribution in [3.05, 3.63) is 27.7 Å². The maximum Gasteiger partial charge on any atom is 0.251 e. The quantitative estimate of drug-likeness (QED) is 0.844. The smallest absolute Gasteiger partial charge is 0.251 e. The number of halogens is 2. The lowest BCUT2D eigenvalue weighted by Crippen LogP contribution is -2.33. The van der Waals surface area contributed by atoms with Crippen molar-refractivity contribution < 1.29 is 9.53 Å². The van der Waals surface area contributed by atoms with Gasteiger partial charge < -0.3 is 15.8 Å². The molecule has 3 N–H and O–H groups in total. The molecule has 2 rings (SSSR count). The average molecular weight is 303 g/mol. The van der Waals surface area contributed by atoms with Gasteiger partial charge in [0.05, 0.1) is 21.8 Å². The molecule has 6 heteroatoms. The van der Waals surface area contributed by atoms with Crippen molar-refractivity contribution in [1.82, 2.24) is 5.32 Å². The Bertz CT molecular complexity index is 471. The fourth-order valence-corrected chi connectivity index (χ4v) is 2.76. The number of nitrogen functional groups attached to an aromatic ring is 1. The van der Waals surface area contributed by atoms with Gasteiger partial charge in [0.1, 0.15) is 0 Å². The largest absolute Gasteiger partial charge is 0.396 e. The Kier molecular flexibility index (Phi) is 4.55. The Morgan fingerprint density at radius 2 is 2.00 bits per heavy atom. The van der Waals surface area contributed by atoms with Gasteiger partial charge in [0, 0.05) is 18.7 Å². The number of methoxy groups -OCH3 is 1. The van der Waals surface area contributed by atoms with Gasteiger partial charge in [0.25, 0.3) is 5.91 Å².